The molecule has 1 atom stereocenters. The molecule has 0 saturated heterocycles. The Morgan fingerprint density at radius 3 is 0.868 bits per heavy atom. The van der Waals surface area contributed by atoms with Gasteiger partial charge < -0.3 is 14.2 Å². The van der Waals surface area contributed by atoms with Crippen molar-refractivity contribution in [2.45, 2.75) is 316 Å². The number of allylic oxidation sites excluding steroid dienone is 8. The lowest BCUT2D eigenvalue weighted by Crippen LogP contribution is -2.30. The molecule has 0 fully saturated rings. The Kier molecular flexibility index (Phi) is 54.8. The van der Waals surface area contributed by atoms with E-state index in [0.29, 0.717) is 19.3 Å². The predicted octanol–water partition coefficient (Wildman–Crippen LogP) is 19.8. The quantitative estimate of drug-likeness (QED) is 0.0262. The van der Waals surface area contributed by atoms with Crippen LogP contribution in [0.4, 0.5) is 0 Å². The number of unbranched alkanes of at least 4 members (excludes halogenated alkanes) is 35. The summed E-state index contributed by atoms with van der Waals surface area (Å²) in [5.74, 6) is -0.879. The van der Waals surface area contributed by atoms with E-state index in [1.54, 1.807) is 0 Å². The van der Waals surface area contributed by atoms with E-state index in [2.05, 4.69) is 69.4 Å². The Bertz CT molecular complexity index is 1190. The van der Waals surface area contributed by atoms with Gasteiger partial charge in [-0.15, -0.1) is 0 Å². The van der Waals surface area contributed by atoms with Gasteiger partial charge in [0, 0.05) is 19.3 Å². The fraction of sp³-hybridized carbons (Fsp3) is 0.823. The maximum Gasteiger partial charge on any atom is 0.306 e. The van der Waals surface area contributed by atoms with Crippen molar-refractivity contribution in [1.82, 2.24) is 0 Å². The lowest BCUT2D eigenvalue weighted by Gasteiger charge is -2.18. The van der Waals surface area contributed by atoms with Gasteiger partial charge in [-0.3, -0.25) is 14.4 Å². The first kappa shape index (κ1) is 65.4. The van der Waals surface area contributed by atoms with Gasteiger partial charge in [-0.2, -0.15) is 0 Å². The highest BCUT2D eigenvalue weighted by Crippen LogP contribution is 2.16. The first-order valence-corrected chi connectivity index (χ1v) is 29.6. The Hall–Kier alpha value is -2.63. The molecule has 0 spiro atoms. The van der Waals surface area contributed by atoms with Crippen LogP contribution in [0.15, 0.2) is 48.6 Å². The van der Waals surface area contributed by atoms with Crippen LogP contribution in [0.5, 0.6) is 0 Å². The molecule has 0 aliphatic rings. The van der Waals surface area contributed by atoms with Gasteiger partial charge in [-0.05, 0) is 83.5 Å². The van der Waals surface area contributed by atoms with Gasteiger partial charge >= 0.3 is 17.9 Å². The molecule has 0 aromatic heterocycles. The van der Waals surface area contributed by atoms with E-state index >= 15 is 0 Å². The van der Waals surface area contributed by atoms with Crippen molar-refractivity contribution in [3.63, 3.8) is 0 Å². The molecule has 0 N–H and O–H groups in total. The van der Waals surface area contributed by atoms with Crippen LogP contribution in [0.25, 0.3) is 0 Å². The van der Waals surface area contributed by atoms with Crippen LogP contribution in [-0.4, -0.2) is 37.2 Å². The molecule has 0 saturated carbocycles. The summed E-state index contributed by atoms with van der Waals surface area (Å²) < 4.78 is 16.8. The minimum absolute atomic E-state index is 0.0733. The normalized spacial score (nSPS) is 12.3. The van der Waals surface area contributed by atoms with Crippen LogP contribution in [0, 0.1) is 0 Å². The average molecular weight is 954 g/mol. The van der Waals surface area contributed by atoms with Crippen molar-refractivity contribution in [2.75, 3.05) is 13.2 Å². The van der Waals surface area contributed by atoms with Gasteiger partial charge in [0.1, 0.15) is 13.2 Å². The second kappa shape index (κ2) is 57.0. The number of esters is 3. The zero-order chi connectivity index (χ0) is 49.3. The summed E-state index contributed by atoms with van der Waals surface area (Å²) in [6, 6.07) is 0. The van der Waals surface area contributed by atoms with Crippen LogP contribution < -0.4 is 0 Å². The number of carbonyl (C=O) groups excluding carboxylic acids is 3. The van der Waals surface area contributed by atoms with Gasteiger partial charge in [0.25, 0.3) is 0 Å². The zero-order valence-corrected chi connectivity index (χ0v) is 45.4. The molecule has 0 aromatic rings. The van der Waals surface area contributed by atoms with E-state index in [9.17, 15) is 14.4 Å². The molecule has 0 aromatic carbocycles. The van der Waals surface area contributed by atoms with Crippen molar-refractivity contribution in [1.29, 1.82) is 0 Å². The average Bonchev–Trinajstić information content (AvgIpc) is 3.34. The molecular formula is C62H112O6. The van der Waals surface area contributed by atoms with Gasteiger partial charge in [-0.1, -0.05) is 256 Å². The molecular weight excluding hydrogens is 841 g/mol. The molecule has 0 radical (unpaired) electrons. The van der Waals surface area contributed by atoms with Gasteiger partial charge in [0.15, 0.2) is 6.10 Å². The lowest BCUT2D eigenvalue weighted by atomic mass is 10.0. The molecule has 68 heavy (non-hydrogen) atoms. The van der Waals surface area contributed by atoms with Crippen LogP contribution in [0.3, 0.4) is 0 Å². The Labute approximate surface area is 422 Å². The van der Waals surface area contributed by atoms with E-state index in [1.807, 2.05) is 0 Å². The summed E-state index contributed by atoms with van der Waals surface area (Å²) in [7, 11) is 0. The molecule has 6 nitrogen and oxygen atoms in total. The Morgan fingerprint density at radius 1 is 0.294 bits per heavy atom. The monoisotopic (exact) mass is 953 g/mol. The van der Waals surface area contributed by atoms with Crippen molar-refractivity contribution >= 4 is 17.9 Å². The van der Waals surface area contributed by atoms with Gasteiger partial charge in [0.2, 0.25) is 0 Å². The van der Waals surface area contributed by atoms with Crippen molar-refractivity contribution < 1.29 is 28.6 Å². The first-order chi connectivity index (χ1) is 33.5. The van der Waals surface area contributed by atoms with E-state index in [0.717, 1.165) is 77.0 Å². The van der Waals surface area contributed by atoms with Crippen molar-refractivity contribution in [2.24, 2.45) is 0 Å². The number of hydrogen-bond donors (Lipinski definition) is 0. The molecule has 6 heteroatoms. The summed E-state index contributed by atoms with van der Waals surface area (Å²) in [6.07, 6.45) is 70.0. The Balaban J connectivity index is 3.99. The molecule has 0 amide bonds. The van der Waals surface area contributed by atoms with Crippen molar-refractivity contribution in [3.8, 4) is 0 Å². The number of ether oxygens (including phenoxy) is 3. The summed E-state index contributed by atoms with van der Waals surface area (Å²) in [6.45, 7) is 6.58. The first-order valence-electron chi connectivity index (χ1n) is 29.6. The van der Waals surface area contributed by atoms with E-state index < -0.39 is 6.10 Å². The maximum atomic E-state index is 12.7. The van der Waals surface area contributed by atoms with E-state index in [1.165, 1.54) is 193 Å². The summed E-state index contributed by atoms with van der Waals surface area (Å²) in [5.41, 5.74) is 0. The highest BCUT2D eigenvalue weighted by Gasteiger charge is 2.19. The molecule has 0 aliphatic heterocycles. The summed E-state index contributed by atoms with van der Waals surface area (Å²) in [4.78, 5) is 37.8. The minimum atomic E-state index is -0.771. The molecule has 396 valence electrons. The van der Waals surface area contributed by atoms with Crippen LogP contribution in [-0.2, 0) is 28.6 Å². The third kappa shape index (κ3) is 54.3. The minimum Gasteiger partial charge on any atom is -0.462 e. The summed E-state index contributed by atoms with van der Waals surface area (Å²) in [5, 5.41) is 0. The van der Waals surface area contributed by atoms with Crippen LogP contribution >= 0.6 is 0 Å². The largest absolute Gasteiger partial charge is 0.462 e. The predicted molar refractivity (Wildman–Crippen MR) is 293 cm³/mol. The highest BCUT2D eigenvalue weighted by atomic mass is 16.6. The fourth-order valence-electron chi connectivity index (χ4n) is 8.56. The smallest absolute Gasteiger partial charge is 0.306 e. The topological polar surface area (TPSA) is 78.9 Å². The fourth-order valence-corrected chi connectivity index (χ4v) is 8.56. The second-order valence-electron chi connectivity index (χ2n) is 19.9. The third-order valence-electron chi connectivity index (χ3n) is 13.1. The summed E-state index contributed by atoms with van der Waals surface area (Å²) >= 11 is 0. The number of carbonyl (C=O) groups is 3. The lowest BCUT2D eigenvalue weighted by molar-refractivity contribution is -0.167. The van der Waals surface area contributed by atoms with Gasteiger partial charge in [0.05, 0.1) is 0 Å². The Morgan fingerprint density at radius 2 is 0.529 bits per heavy atom. The maximum absolute atomic E-state index is 12.7. The number of rotatable bonds is 54. The second-order valence-corrected chi connectivity index (χ2v) is 19.9. The van der Waals surface area contributed by atoms with E-state index in [4.69, 9.17) is 14.2 Å². The SMILES string of the molecule is CCCCC/C=C\CCCCCCCC(=O)OC(COC(=O)CCCCCCCCC)COC(=O)CCCCCCCCCCCCCCCCCC/C=C\C/C=C\C/C=C\CCCCCCC. The van der Waals surface area contributed by atoms with E-state index in [-0.39, 0.29) is 31.1 Å². The zero-order valence-electron chi connectivity index (χ0n) is 45.4. The molecule has 0 rings (SSSR count). The standard InChI is InChI=1S/C62H112O6/c1-4-7-10-13-16-18-20-22-23-24-25-26-27-28-29-30-31-32-33-34-35-36-37-38-39-40-42-43-46-49-52-55-61(64)67-58-59(57-66-60(63)54-51-48-45-15-12-9-6-3)68-62(65)56-53-50-47-44-41-21-19-17-14-11-8-5-2/h17,19-20,22,24-25,27-28,59H,4-16,18,21,23,26,29-58H2,1-3H3/b19-17-,22-20-,25-24-,28-27-. The highest BCUT2D eigenvalue weighted by molar-refractivity contribution is 5.71. The molecule has 0 aliphatic carbocycles. The number of hydrogen-bond acceptors (Lipinski definition) is 6. The molecule has 1 unspecified atom stereocenters. The van der Waals surface area contributed by atoms with Crippen LogP contribution in [0.2, 0.25) is 0 Å². The molecule has 0 heterocycles. The van der Waals surface area contributed by atoms with Gasteiger partial charge in [-0.25, -0.2) is 0 Å². The van der Waals surface area contributed by atoms with Crippen LogP contribution in [0.1, 0.15) is 310 Å². The third-order valence-corrected chi connectivity index (χ3v) is 13.1. The molecule has 0 bridgehead atoms. The van der Waals surface area contributed by atoms with Crippen molar-refractivity contribution in [3.05, 3.63) is 48.6 Å².